The van der Waals surface area contributed by atoms with Gasteiger partial charge in [-0.05, 0) is 37.1 Å². The number of ether oxygens (including phenoxy) is 2. The molecular weight excluding hydrogens is 261 g/mol. The van der Waals surface area contributed by atoms with E-state index in [1.807, 2.05) is 13.8 Å². The number of aliphatic hydroxyl groups is 1. The minimum Gasteiger partial charge on any atom is -0.491 e. The number of benzene rings is 1. The molecule has 19 heavy (non-hydrogen) atoms. The van der Waals surface area contributed by atoms with Crippen molar-refractivity contribution in [1.29, 1.82) is 0 Å². The van der Waals surface area contributed by atoms with Crippen molar-refractivity contribution >= 4 is 0 Å². The number of hydrogen-bond acceptors (Lipinski definition) is 3. The van der Waals surface area contributed by atoms with Gasteiger partial charge in [0.1, 0.15) is 18.1 Å². The van der Waals surface area contributed by atoms with Gasteiger partial charge in [0.15, 0.2) is 0 Å². The molecular formula is C13H17F3O3. The highest BCUT2D eigenvalue weighted by Crippen LogP contribution is 2.25. The molecule has 0 spiro atoms. The lowest BCUT2D eigenvalue weighted by Crippen LogP contribution is -2.37. The molecule has 0 aliphatic carbocycles. The molecule has 1 unspecified atom stereocenters. The van der Waals surface area contributed by atoms with Gasteiger partial charge in [-0.25, -0.2) is 0 Å². The van der Waals surface area contributed by atoms with Crippen LogP contribution in [0.1, 0.15) is 20.8 Å². The Bertz CT molecular complexity index is 397. The lowest BCUT2D eigenvalue weighted by atomic mass is 9.94. The molecule has 0 amide bonds. The van der Waals surface area contributed by atoms with Gasteiger partial charge in [0.2, 0.25) is 0 Å². The van der Waals surface area contributed by atoms with Crippen LogP contribution in [0.15, 0.2) is 24.3 Å². The van der Waals surface area contributed by atoms with Crippen molar-refractivity contribution < 1.29 is 27.8 Å². The topological polar surface area (TPSA) is 38.7 Å². The fourth-order valence-corrected chi connectivity index (χ4v) is 1.13. The van der Waals surface area contributed by atoms with Crippen LogP contribution in [0.25, 0.3) is 0 Å². The maximum Gasteiger partial charge on any atom is 0.573 e. The Hall–Kier alpha value is -1.43. The van der Waals surface area contributed by atoms with E-state index in [4.69, 9.17) is 4.74 Å². The monoisotopic (exact) mass is 278 g/mol. The molecule has 3 nitrogen and oxygen atoms in total. The van der Waals surface area contributed by atoms with Crippen LogP contribution in [-0.4, -0.2) is 23.7 Å². The predicted molar refractivity (Wildman–Crippen MR) is 64.1 cm³/mol. The van der Waals surface area contributed by atoms with Crippen molar-refractivity contribution in [3.05, 3.63) is 24.3 Å². The zero-order valence-corrected chi connectivity index (χ0v) is 11.0. The highest BCUT2D eigenvalue weighted by atomic mass is 19.4. The van der Waals surface area contributed by atoms with E-state index >= 15 is 0 Å². The summed E-state index contributed by atoms with van der Waals surface area (Å²) < 4.78 is 44.9. The van der Waals surface area contributed by atoms with Crippen molar-refractivity contribution in [2.24, 2.45) is 5.92 Å². The van der Waals surface area contributed by atoms with Crippen molar-refractivity contribution in [2.45, 2.75) is 32.7 Å². The molecule has 1 N–H and O–H groups in total. The number of rotatable bonds is 5. The first-order valence-corrected chi connectivity index (χ1v) is 5.81. The van der Waals surface area contributed by atoms with Crippen LogP contribution in [0.3, 0.4) is 0 Å². The van der Waals surface area contributed by atoms with Gasteiger partial charge in [0.05, 0.1) is 5.60 Å². The Morgan fingerprint density at radius 1 is 1.11 bits per heavy atom. The van der Waals surface area contributed by atoms with Crippen molar-refractivity contribution in [2.75, 3.05) is 6.61 Å². The third-order valence-electron chi connectivity index (χ3n) is 2.83. The third-order valence-corrected chi connectivity index (χ3v) is 2.83. The van der Waals surface area contributed by atoms with E-state index in [1.54, 1.807) is 6.92 Å². The van der Waals surface area contributed by atoms with Crippen LogP contribution < -0.4 is 9.47 Å². The van der Waals surface area contributed by atoms with Gasteiger partial charge in [0.25, 0.3) is 0 Å². The SMILES string of the molecule is CC(C)C(C)(O)COc1ccc(OC(F)(F)F)cc1. The second-order valence-corrected chi connectivity index (χ2v) is 4.82. The summed E-state index contributed by atoms with van der Waals surface area (Å²) in [4.78, 5) is 0. The summed E-state index contributed by atoms with van der Waals surface area (Å²) in [6.07, 6.45) is -4.70. The summed E-state index contributed by atoms with van der Waals surface area (Å²) >= 11 is 0. The smallest absolute Gasteiger partial charge is 0.491 e. The zero-order valence-electron chi connectivity index (χ0n) is 11.0. The number of halogens is 3. The van der Waals surface area contributed by atoms with Crippen molar-refractivity contribution in [3.8, 4) is 11.5 Å². The molecule has 1 rings (SSSR count). The van der Waals surface area contributed by atoms with Crippen LogP contribution in [-0.2, 0) is 0 Å². The maximum absolute atomic E-state index is 11.9. The van der Waals surface area contributed by atoms with Crippen molar-refractivity contribution in [3.63, 3.8) is 0 Å². The fraction of sp³-hybridized carbons (Fsp3) is 0.538. The molecule has 0 heterocycles. The lowest BCUT2D eigenvalue weighted by molar-refractivity contribution is -0.274. The first kappa shape index (κ1) is 15.6. The average molecular weight is 278 g/mol. The molecule has 0 aliphatic rings. The van der Waals surface area contributed by atoms with E-state index in [9.17, 15) is 18.3 Å². The average Bonchev–Trinajstić information content (AvgIpc) is 2.26. The lowest BCUT2D eigenvalue weighted by Gasteiger charge is -2.27. The minimum absolute atomic E-state index is 0.000311. The van der Waals surface area contributed by atoms with Crippen LogP contribution in [0.5, 0.6) is 11.5 Å². The molecule has 1 aromatic carbocycles. The Morgan fingerprint density at radius 2 is 1.58 bits per heavy atom. The quantitative estimate of drug-likeness (QED) is 0.897. The number of hydrogen-bond donors (Lipinski definition) is 1. The molecule has 0 bridgehead atoms. The van der Waals surface area contributed by atoms with Crippen LogP contribution in [0, 0.1) is 5.92 Å². The largest absolute Gasteiger partial charge is 0.573 e. The molecule has 0 aromatic heterocycles. The summed E-state index contributed by atoms with van der Waals surface area (Å²) in [5.41, 5.74) is -0.999. The Kier molecular flexibility index (Phi) is 4.68. The summed E-state index contributed by atoms with van der Waals surface area (Å²) in [6.45, 7) is 5.40. The van der Waals surface area contributed by atoms with Crippen molar-refractivity contribution in [1.82, 2.24) is 0 Å². The van der Waals surface area contributed by atoms with Gasteiger partial charge >= 0.3 is 6.36 Å². The highest BCUT2D eigenvalue weighted by Gasteiger charge is 2.31. The fourth-order valence-electron chi connectivity index (χ4n) is 1.13. The summed E-state index contributed by atoms with van der Waals surface area (Å²) in [6, 6.07) is 5.04. The van der Waals surface area contributed by atoms with Gasteiger partial charge in [-0.3, -0.25) is 0 Å². The van der Waals surface area contributed by atoms with E-state index in [2.05, 4.69) is 4.74 Å². The molecule has 0 saturated carbocycles. The summed E-state index contributed by atoms with van der Waals surface area (Å²) in [7, 11) is 0. The van der Waals surface area contributed by atoms with Crippen LogP contribution >= 0.6 is 0 Å². The molecule has 0 fully saturated rings. The van der Waals surface area contributed by atoms with E-state index < -0.39 is 12.0 Å². The molecule has 0 radical (unpaired) electrons. The Balaban J connectivity index is 2.58. The second kappa shape index (κ2) is 5.69. The Morgan fingerprint density at radius 3 is 2.00 bits per heavy atom. The molecule has 0 aliphatic heterocycles. The minimum atomic E-state index is -4.70. The summed E-state index contributed by atoms with van der Waals surface area (Å²) in [5, 5.41) is 9.96. The summed E-state index contributed by atoms with van der Waals surface area (Å²) in [5.74, 6) is 0.0613. The van der Waals surface area contributed by atoms with E-state index in [0.29, 0.717) is 5.75 Å². The van der Waals surface area contributed by atoms with E-state index in [-0.39, 0.29) is 18.3 Å². The van der Waals surface area contributed by atoms with Crippen LogP contribution in [0.2, 0.25) is 0 Å². The normalized spacial score (nSPS) is 15.2. The third kappa shape index (κ3) is 5.38. The molecule has 1 atom stereocenters. The first-order chi connectivity index (χ1) is 8.60. The maximum atomic E-state index is 11.9. The molecule has 108 valence electrons. The van der Waals surface area contributed by atoms with E-state index in [0.717, 1.165) is 12.1 Å². The van der Waals surface area contributed by atoms with Gasteiger partial charge in [0, 0.05) is 0 Å². The van der Waals surface area contributed by atoms with Gasteiger partial charge in [-0.1, -0.05) is 13.8 Å². The van der Waals surface area contributed by atoms with E-state index in [1.165, 1.54) is 12.1 Å². The molecule has 6 heteroatoms. The predicted octanol–water partition coefficient (Wildman–Crippen LogP) is 3.37. The standard InChI is InChI=1S/C13H17F3O3/c1-9(2)12(3,17)8-18-10-4-6-11(7-5-10)19-13(14,15)16/h4-7,9,17H,8H2,1-3H3. The highest BCUT2D eigenvalue weighted by molar-refractivity contribution is 5.31. The molecule has 0 saturated heterocycles. The molecule has 1 aromatic rings. The first-order valence-electron chi connectivity index (χ1n) is 5.81. The van der Waals surface area contributed by atoms with Gasteiger partial charge in [-0.2, -0.15) is 0 Å². The second-order valence-electron chi connectivity index (χ2n) is 4.82. The Labute approximate surface area is 110 Å². The van der Waals surface area contributed by atoms with Crippen LogP contribution in [0.4, 0.5) is 13.2 Å². The van der Waals surface area contributed by atoms with Gasteiger partial charge < -0.3 is 14.6 Å². The zero-order chi connectivity index (χ0) is 14.7. The number of alkyl halides is 3. The van der Waals surface area contributed by atoms with Gasteiger partial charge in [-0.15, -0.1) is 13.2 Å².